The van der Waals surface area contributed by atoms with Gasteiger partial charge in [0, 0.05) is 30.9 Å². The minimum absolute atomic E-state index is 0.0602. The number of likely N-dealkylation sites (tertiary alicyclic amines) is 1. The van der Waals surface area contributed by atoms with Gasteiger partial charge in [-0.05, 0) is 25.8 Å². The van der Waals surface area contributed by atoms with E-state index >= 15 is 0 Å². The van der Waals surface area contributed by atoms with Gasteiger partial charge in [-0.15, -0.1) is 0 Å². The SMILES string of the molecule is Cc1ocnc1C(=O)N1CCC[C@@H](c2ccncn2)C1. The fourth-order valence-electron chi connectivity index (χ4n) is 2.61. The van der Waals surface area contributed by atoms with Crippen LogP contribution in [-0.4, -0.2) is 38.8 Å². The normalized spacial score (nSPS) is 19.1. The average molecular weight is 272 g/mol. The highest BCUT2D eigenvalue weighted by molar-refractivity contribution is 5.93. The Labute approximate surface area is 116 Å². The Morgan fingerprint density at radius 2 is 2.35 bits per heavy atom. The monoisotopic (exact) mass is 272 g/mol. The molecule has 2 aromatic heterocycles. The maximum Gasteiger partial charge on any atom is 0.276 e. The van der Waals surface area contributed by atoms with Crippen molar-refractivity contribution >= 4 is 5.91 Å². The molecule has 2 aromatic rings. The number of hydrogen-bond acceptors (Lipinski definition) is 5. The van der Waals surface area contributed by atoms with E-state index in [0.29, 0.717) is 18.0 Å². The van der Waals surface area contributed by atoms with Crippen LogP contribution >= 0.6 is 0 Å². The lowest BCUT2D eigenvalue weighted by Gasteiger charge is -2.32. The molecule has 3 rings (SSSR count). The Kier molecular flexibility index (Phi) is 3.45. The summed E-state index contributed by atoms with van der Waals surface area (Å²) in [7, 11) is 0. The van der Waals surface area contributed by atoms with Crippen molar-refractivity contribution in [3.05, 3.63) is 42.1 Å². The number of amides is 1. The molecule has 0 unspecified atom stereocenters. The van der Waals surface area contributed by atoms with Crippen molar-refractivity contribution in [3.63, 3.8) is 0 Å². The van der Waals surface area contributed by atoms with Crippen LogP contribution in [0.5, 0.6) is 0 Å². The number of piperidine rings is 1. The smallest absolute Gasteiger partial charge is 0.276 e. The summed E-state index contributed by atoms with van der Waals surface area (Å²) in [6.07, 6.45) is 6.62. The van der Waals surface area contributed by atoms with E-state index in [-0.39, 0.29) is 11.8 Å². The van der Waals surface area contributed by atoms with Crippen LogP contribution in [0.4, 0.5) is 0 Å². The van der Waals surface area contributed by atoms with Crippen LogP contribution in [0.2, 0.25) is 0 Å². The lowest BCUT2D eigenvalue weighted by atomic mass is 9.94. The number of hydrogen-bond donors (Lipinski definition) is 0. The Morgan fingerprint density at radius 1 is 1.45 bits per heavy atom. The van der Waals surface area contributed by atoms with E-state index in [1.54, 1.807) is 19.4 Å². The first-order chi connectivity index (χ1) is 9.75. The quantitative estimate of drug-likeness (QED) is 0.833. The van der Waals surface area contributed by atoms with Crippen molar-refractivity contribution in [2.24, 2.45) is 0 Å². The standard InChI is InChI=1S/C14H16N4O2/c1-10-13(17-9-20-10)14(19)18-6-2-3-11(7-18)12-4-5-15-8-16-12/h4-5,8-9,11H,2-3,6-7H2,1H3/t11-/m1/s1. The summed E-state index contributed by atoms with van der Waals surface area (Å²) < 4.78 is 5.11. The topological polar surface area (TPSA) is 72.1 Å². The number of carbonyl (C=O) groups excluding carboxylic acids is 1. The molecule has 20 heavy (non-hydrogen) atoms. The Balaban J connectivity index is 1.76. The molecule has 6 heteroatoms. The molecule has 1 atom stereocenters. The van der Waals surface area contributed by atoms with Crippen LogP contribution in [0.15, 0.2) is 29.4 Å². The third-order valence-corrected chi connectivity index (χ3v) is 3.68. The molecule has 104 valence electrons. The fourth-order valence-corrected chi connectivity index (χ4v) is 2.61. The Morgan fingerprint density at radius 3 is 3.05 bits per heavy atom. The van der Waals surface area contributed by atoms with Crippen LogP contribution in [0.3, 0.4) is 0 Å². The summed E-state index contributed by atoms with van der Waals surface area (Å²) in [5.74, 6) is 0.775. The highest BCUT2D eigenvalue weighted by atomic mass is 16.3. The molecule has 1 aliphatic rings. The summed E-state index contributed by atoms with van der Waals surface area (Å²) >= 11 is 0. The minimum Gasteiger partial charge on any atom is -0.448 e. The predicted octanol–water partition coefficient (Wildman–Crippen LogP) is 1.79. The number of rotatable bonds is 2. The molecular formula is C14H16N4O2. The van der Waals surface area contributed by atoms with Crippen molar-refractivity contribution < 1.29 is 9.21 Å². The second kappa shape index (κ2) is 5.40. The van der Waals surface area contributed by atoms with Gasteiger partial charge in [0.05, 0.1) is 0 Å². The molecule has 3 heterocycles. The van der Waals surface area contributed by atoms with Crippen molar-refractivity contribution in [2.45, 2.75) is 25.7 Å². The second-order valence-corrected chi connectivity index (χ2v) is 4.98. The van der Waals surface area contributed by atoms with E-state index in [4.69, 9.17) is 4.42 Å². The Bertz CT molecular complexity index is 596. The van der Waals surface area contributed by atoms with Gasteiger partial charge in [0.25, 0.3) is 5.91 Å². The zero-order valence-electron chi connectivity index (χ0n) is 11.3. The highest BCUT2D eigenvalue weighted by Crippen LogP contribution is 2.26. The van der Waals surface area contributed by atoms with E-state index < -0.39 is 0 Å². The van der Waals surface area contributed by atoms with E-state index in [2.05, 4.69) is 15.0 Å². The highest BCUT2D eigenvalue weighted by Gasteiger charge is 2.28. The minimum atomic E-state index is -0.0602. The third-order valence-electron chi connectivity index (χ3n) is 3.68. The van der Waals surface area contributed by atoms with Gasteiger partial charge in [0.1, 0.15) is 12.1 Å². The molecular weight excluding hydrogens is 256 g/mol. The average Bonchev–Trinajstić information content (AvgIpc) is 2.94. The zero-order valence-corrected chi connectivity index (χ0v) is 11.3. The van der Waals surface area contributed by atoms with E-state index in [9.17, 15) is 4.79 Å². The molecule has 1 saturated heterocycles. The van der Waals surface area contributed by atoms with Gasteiger partial charge in [0.2, 0.25) is 0 Å². The van der Waals surface area contributed by atoms with Gasteiger partial charge < -0.3 is 9.32 Å². The summed E-state index contributed by atoms with van der Waals surface area (Å²) in [5, 5.41) is 0. The van der Waals surface area contributed by atoms with E-state index in [0.717, 1.165) is 25.1 Å². The molecule has 0 aromatic carbocycles. The molecule has 0 N–H and O–H groups in total. The molecule has 0 aliphatic carbocycles. The summed E-state index contributed by atoms with van der Waals surface area (Å²) in [6, 6.07) is 1.92. The first kappa shape index (κ1) is 12.8. The first-order valence-electron chi connectivity index (χ1n) is 6.71. The number of oxazole rings is 1. The molecule has 0 bridgehead atoms. The van der Waals surface area contributed by atoms with Crippen LogP contribution in [0, 0.1) is 6.92 Å². The lowest BCUT2D eigenvalue weighted by molar-refractivity contribution is 0.0699. The molecule has 0 radical (unpaired) electrons. The number of carbonyl (C=O) groups is 1. The molecule has 6 nitrogen and oxygen atoms in total. The molecule has 1 fully saturated rings. The van der Waals surface area contributed by atoms with E-state index in [1.807, 2.05) is 11.0 Å². The van der Waals surface area contributed by atoms with Gasteiger partial charge in [-0.1, -0.05) is 0 Å². The van der Waals surface area contributed by atoms with Gasteiger partial charge >= 0.3 is 0 Å². The van der Waals surface area contributed by atoms with Crippen LogP contribution in [0.25, 0.3) is 0 Å². The lowest BCUT2D eigenvalue weighted by Crippen LogP contribution is -2.39. The Hall–Kier alpha value is -2.24. The van der Waals surface area contributed by atoms with Crippen LogP contribution in [0.1, 0.15) is 40.7 Å². The van der Waals surface area contributed by atoms with Crippen molar-refractivity contribution in [2.75, 3.05) is 13.1 Å². The maximum atomic E-state index is 12.4. The summed E-state index contributed by atoms with van der Waals surface area (Å²) in [4.78, 5) is 26.5. The second-order valence-electron chi connectivity index (χ2n) is 4.98. The maximum absolute atomic E-state index is 12.4. The van der Waals surface area contributed by atoms with Crippen molar-refractivity contribution in [1.82, 2.24) is 19.9 Å². The van der Waals surface area contributed by atoms with Crippen LogP contribution < -0.4 is 0 Å². The van der Waals surface area contributed by atoms with Crippen molar-refractivity contribution in [3.8, 4) is 0 Å². The fraction of sp³-hybridized carbons (Fsp3) is 0.429. The molecule has 1 aliphatic heterocycles. The largest absolute Gasteiger partial charge is 0.448 e. The van der Waals surface area contributed by atoms with Crippen LogP contribution in [-0.2, 0) is 0 Å². The number of aromatic nitrogens is 3. The van der Waals surface area contributed by atoms with Gasteiger partial charge in [-0.2, -0.15) is 0 Å². The zero-order chi connectivity index (χ0) is 13.9. The predicted molar refractivity (Wildman–Crippen MR) is 71.2 cm³/mol. The van der Waals surface area contributed by atoms with E-state index in [1.165, 1.54) is 6.39 Å². The first-order valence-corrected chi connectivity index (χ1v) is 6.71. The molecule has 0 spiro atoms. The number of nitrogens with zero attached hydrogens (tertiary/aromatic N) is 4. The number of aryl methyl sites for hydroxylation is 1. The molecule has 0 saturated carbocycles. The van der Waals surface area contributed by atoms with Crippen molar-refractivity contribution in [1.29, 1.82) is 0 Å². The summed E-state index contributed by atoms with van der Waals surface area (Å²) in [6.45, 7) is 3.18. The van der Waals surface area contributed by atoms with Gasteiger partial charge in [0.15, 0.2) is 12.1 Å². The molecule has 1 amide bonds. The summed E-state index contributed by atoms with van der Waals surface area (Å²) in [5.41, 5.74) is 1.41. The van der Waals surface area contributed by atoms with Gasteiger partial charge in [-0.3, -0.25) is 4.79 Å². The van der Waals surface area contributed by atoms with Gasteiger partial charge in [-0.25, -0.2) is 15.0 Å². The third kappa shape index (κ3) is 2.41.